The number of halogens is 1. The van der Waals surface area contributed by atoms with Crippen molar-refractivity contribution >= 4 is 17.5 Å². The average Bonchev–Trinajstić information content (AvgIpc) is 2.28. The first kappa shape index (κ1) is 13.9. The minimum absolute atomic E-state index is 0.0909. The quantitative estimate of drug-likeness (QED) is 0.790. The number of aliphatic hydroxyl groups excluding tert-OH is 1. The summed E-state index contributed by atoms with van der Waals surface area (Å²) in [5, 5.41) is 11.9. The Labute approximate surface area is 106 Å². The highest BCUT2D eigenvalue weighted by Gasteiger charge is 2.11. The number of amides is 1. The summed E-state index contributed by atoms with van der Waals surface area (Å²) in [6, 6.07) is 2.98. The van der Waals surface area contributed by atoms with Gasteiger partial charge in [-0.15, -0.1) is 0 Å². The molecule has 0 aliphatic rings. The number of hydrogen-bond donors (Lipinski definition) is 2. The molecule has 1 rings (SSSR count). The van der Waals surface area contributed by atoms with Gasteiger partial charge in [-0.05, 0) is 25.5 Å². The predicted molar refractivity (Wildman–Crippen MR) is 67.3 cm³/mol. The minimum atomic E-state index is -0.274. The van der Waals surface area contributed by atoms with Crippen molar-refractivity contribution < 1.29 is 9.90 Å². The zero-order chi connectivity index (χ0) is 12.8. The van der Waals surface area contributed by atoms with E-state index < -0.39 is 0 Å². The van der Waals surface area contributed by atoms with Crippen molar-refractivity contribution in [2.24, 2.45) is 0 Å². The Kier molecular flexibility index (Phi) is 5.38. The van der Waals surface area contributed by atoms with Crippen molar-refractivity contribution in [3.63, 3.8) is 0 Å². The number of carbonyl (C=O) groups is 1. The smallest absolute Gasteiger partial charge is 0.251 e. The lowest BCUT2D eigenvalue weighted by atomic mass is 10.1. The Morgan fingerprint density at radius 2 is 2.29 bits per heavy atom. The Bertz CT molecular complexity index is 396. The second-order valence-corrected chi connectivity index (χ2v) is 4.36. The topological polar surface area (TPSA) is 62.2 Å². The molecule has 94 valence electrons. The maximum atomic E-state index is 11.8. The van der Waals surface area contributed by atoms with Crippen LogP contribution in [-0.4, -0.2) is 28.6 Å². The molecule has 1 atom stereocenters. The molecule has 17 heavy (non-hydrogen) atoms. The fraction of sp³-hybridized carbons (Fsp3) is 0.500. The van der Waals surface area contributed by atoms with Crippen LogP contribution in [0.4, 0.5) is 0 Å². The lowest BCUT2D eigenvalue weighted by molar-refractivity contribution is 0.0922. The fourth-order valence-electron chi connectivity index (χ4n) is 1.42. The number of aryl methyl sites for hydroxylation is 1. The number of nitrogens with one attached hydrogen (secondary N) is 1. The third-order valence-corrected chi connectivity index (χ3v) is 2.46. The van der Waals surface area contributed by atoms with Crippen molar-refractivity contribution in [2.45, 2.75) is 32.7 Å². The van der Waals surface area contributed by atoms with E-state index in [1.807, 2.05) is 6.92 Å². The fourth-order valence-corrected chi connectivity index (χ4v) is 1.65. The van der Waals surface area contributed by atoms with Crippen molar-refractivity contribution in [3.05, 3.63) is 28.5 Å². The van der Waals surface area contributed by atoms with Gasteiger partial charge < -0.3 is 10.4 Å². The molecule has 0 fully saturated rings. The van der Waals surface area contributed by atoms with E-state index in [-0.39, 0.29) is 18.6 Å². The molecule has 0 bridgehead atoms. The summed E-state index contributed by atoms with van der Waals surface area (Å²) in [5.74, 6) is -0.242. The van der Waals surface area contributed by atoms with E-state index in [4.69, 9.17) is 16.7 Å². The summed E-state index contributed by atoms with van der Waals surface area (Å²) >= 11 is 5.86. The van der Waals surface area contributed by atoms with Crippen LogP contribution in [0.25, 0.3) is 0 Å². The first-order valence-corrected chi connectivity index (χ1v) is 6.02. The third kappa shape index (κ3) is 4.32. The van der Waals surface area contributed by atoms with Crippen LogP contribution in [0.3, 0.4) is 0 Å². The number of nitrogens with zero attached hydrogens (tertiary/aromatic N) is 1. The van der Waals surface area contributed by atoms with E-state index in [1.165, 1.54) is 6.07 Å². The molecule has 0 radical (unpaired) electrons. The van der Waals surface area contributed by atoms with Crippen molar-refractivity contribution in [3.8, 4) is 0 Å². The number of carbonyl (C=O) groups excluding carboxylic acids is 1. The van der Waals surface area contributed by atoms with E-state index in [2.05, 4.69) is 10.3 Å². The molecule has 1 heterocycles. The normalized spacial score (nSPS) is 12.2. The van der Waals surface area contributed by atoms with Gasteiger partial charge in [0.2, 0.25) is 0 Å². The molecule has 1 aromatic rings. The summed E-state index contributed by atoms with van der Waals surface area (Å²) in [4.78, 5) is 16.0. The number of rotatable bonds is 5. The molecule has 1 aromatic heterocycles. The molecular formula is C12H17ClN2O2. The van der Waals surface area contributed by atoms with Gasteiger partial charge in [0.15, 0.2) is 0 Å². The van der Waals surface area contributed by atoms with E-state index in [1.54, 1.807) is 13.0 Å². The van der Waals surface area contributed by atoms with Crippen molar-refractivity contribution in [2.75, 3.05) is 6.61 Å². The van der Waals surface area contributed by atoms with E-state index in [0.717, 1.165) is 18.5 Å². The number of aromatic nitrogens is 1. The second kappa shape index (κ2) is 6.57. The van der Waals surface area contributed by atoms with Crippen LogP contribution in [0.2, 0.25) is 5.15 Å². The summed E-state index contributed by atoms with van der Waals surface area (Å²) in [6.07, 6.45) is 1.73. The van der Waals surface area contributed by atoms with Crippen LogP contribution in [0.1, 0.15) is 36.3 Å². The van der Waals surface area contributed by atoms with Gasteiger partial charge in [-0.3, -0.25) is 4.79 Å². The largest absolute Gasteiger partial charge is 0.394 e. The van der Waals surface area contributed by atoms with Crippen LogP contribution < -0.4 is 5.32 Å². The van der Waals surface area contributed by atoms with Crippen LogP contribution in [0, 0.1) is 0 Å². The Balaban J connectivity index is 2.85. The Hall–Kier alpha value is -1.13. The zero-order valence-electron chi connectivity index (χ0n) is 10.0. The Morgan fingerprint density at radius 1 is 1.59 bits per heavy atom. The molecule has 0 aromatic carbocycles. The average molecular weight is 257 g/mol. The minimum Gasteiger partial charge on any atom is -0.394 e. The number of hydrogen-bond acceptors (Lipinski definition) is 3. The van der Waals surface area contributed by atoms with Gasteiger partial charge in [-0.2, -0.15) is 0 Å². The molecule has 0 saturated carbocycles. The molecule has 0 unspecified atom stereocenters. The number of aliphatic hydroxyl groups is 1. The maximum absolute atomic E-state index is 11.8. The van der Waals surface area contributed by atoms with Gasteiger partial charge in [-0.25, -0.2) is 4.98 Å². The maximum Gasteiger partial charge on any atom is 0.251 e. The molecule has 1 amide bonds. The SMILES string of the molecule is CCCc1cc(C(=O)N[C@@H](C)CO)cc(Cl)n1. The van der Waals surface area contributed by atoms with Crippen LogP contribution in [-0.2, 0) is 6.42 Å². The molecule has 0 spiro atoms. The molecular weight excluding hydrogens is 240 g/mol. The van der Waals surface area contributed by atoms with Crippen molar-refractivity contribution in [1.82, 2.24) is 10.3 Å². The molecule has 2 N–H and O–H groups in total. The van der Waals surface area contributed by atoms with Gasteiger partial charge >= 0.3 is 0 Å². The second-order valence-electron chi connectivity index (χ2n) is 3.98. The third-order valence-electron chi connectivity index (χ3n) is 2.27. The first-order valence-electron chi connectivity index (χ1n) is 5.65. The van der Waals surface area contributed by atoms with Crippen molar-refractivity contribution in [1.29, 1.82) is 0 Å². The van der Waals surface area contributed by atoms with E-state index in [9.17, 15) is 4.79 Å². The van der Waals surface area contributed by atoms with Crippen LogP contribution >= 0.6 is 11.6 Å². The van der Waals surface area contributed by atoms with Gasteiger partial charge in [0.25, 0.3) is 5.91 Å². The Morgan fingerprint density at radius 3 is 2.88 bits per heavy atom. The van der Waals surface area contributed by atoms with Gasteiger partial charge in [0, 0.05) is 17.3 Å². The lowest BCUT2D eigenvalue weighted by Crippen LogP contribution is -2.35. The van der Waals surface area contributed by atoms with Crippen LogP contribution in [0.15, 0.2) is 12.1 Å². The highest BCUT2D eigenvalue weighted by molar-refractivity contribution is 6.29. The van der Waals surface area contributed by atoms with E-state index in [0.29, 0.717) is 10.7 Å². The van der Waals surface area contributed by atoms with Crippen LogP contribution in [0.5, 0.6) is 0 Å². The highest BCUT2D eigenvalue weighted by Crippen LogP contribution is 2.12. The van der Waals surface area contributed by atoms with Gasteiger partial charge in [0.1, 0.15) is 5.15 Å². The predicted octanol–water partition coefficient (Wildman–Crippen LogP) is 1.80. The molecule has 5 heteroatoms. The summed E-state index contributed by atoms with van der Waals surface area (Å²) in [6.45, 7) is 3.68. The standard InChI is InChI=1S/C12H17ClN2O2/c1-3-4-10-5-9(6-11(13)15-10)12(17)14-8(2)7-16/h5-6,8,16H,3-4,7H2,1-2H3,(H,14,17)/t8-/m0/s1. The first-order chi connectivity index (χ1) is 8.06. The summed E-state index contributed by atoms with van der Waals surface area (Å²) in [7, 11) is 0. The van der Waals surface area contributed by atoms with Gasteiger partial charge in [-0.1, -0.05) is 24.9 Å². The highest BCUT2D eigenvalue weighted by atomic mass is 35.5. The molecule has 4 nitrogen and oxygen atoms in total. The lowest BCUT2D eigenvalue weighted by Gasteiger charge is -2.11. The number of pyridine rings is 1. The molecule has 0 saturated heterocycles. The monoisotopic (exact) mass is 256 g/mol. The zero-order valence-corrected chi connectivity index (χ0v) is 10.8. The molecule has 0 aliphatic heterocycles. The molecule has 0 aliphatic carbocycles. The summed E-state index contributed by atoms with van der Waals surface area (Å²) in [5.41, 5.74) is 1.29. The van der Waals surface area contributed by atoms with Gasteiger partial charge in [0.05, 0.1) is 6.61 Å². The summed E-state index contributed by atoms with van der Waals surface area (Å²) < 4.78 is 0. The van der Waals surface area contributed by atoms with E-state index >= 15 is 0 Å².